The van der Waals surface area contributed by atoms with Crippen molar-refractivity contribution in [3.63, 3.8) is 0 Å². The molecule has 1 aliphatic heterocycles. The first-order chi connectivity index (χ1) is 9.24. The van der Waals surface area contributed by atoms with Crippen molar-refractivity contribution in [1.82, 2.24) is 10.2 Å². The van der Waals surface area contributed by atoms with Gasteiger partial charge in [-0.3, -0.25) is 4.90 Å². The lowest BCUT2D eigenvalue weighted by Crippen LogP contribution is -2.52. The van der Waals surface area contributed by atoms with Gasteiger partial charge in [0.2, 0.25) is 0 Å². The molecule has 2 nitrogen and oxygen atoms in total. The fourth-order valence-corrected chi connectivity index (χ4v) is 3.58. The molecule has 1 aromatic carbocycles. The molecule has 1 N–H and O–H groups in total. The molecule has 1 saturated heterocycles. The number of piperazine rings is 1. The van der Waals surface area contributed by atoms with Gasteiger partial charge in [-0.1, -0.05) is 32.0 Å². The molecular weight excluding hydrogens is 232 g/mol. The van der Waals surface area contributed by atoms with Crippen molar-refractivity contribution in [2.45, 2.75) is 45.7 Å². The summed E-state index contributed by atoms with van der Waals surface area (Å²) in [5.74, 6) is 0.724. The predicted molar refractivity (Wildman–Crippen MR) is 80.4 cm³/mol. The summed E-state index contributed by atoms with van der Waals surface area (Å²) in [6.07, 6.45) is 3.93. The Labute approximate surface area is 117 Å². The van der Waals surface area contributed by atoms with Crippen LogP contribution in [0.25, 0.3) is 0 Å². The van der Waals surface area contributed by atoms with Crippen LogP contribution in [0.1, 0.15) is 37.0 Å². The standard InChI is InChI=1S/C17H26N2/c1-13(2)17-11-18-8-9-19(17)12-14-6-7-15-4-3-5-16(15)10-14/h6-7,10,13,17-18H,3-5,8-9,11-12H2,1-2H3. The van der Waals surface area contributed by atoms with Crippen LogP contribution in [-0.4, -0.2) is 30.6 Å². The molecule has 0 spiro atoms. The fourth-order valence-electron chi connectivity index (χ4n) is 3.58. The van der Waals surface area contributed by atoms with Gasteiger partial charge >= 0.3 is 0 Å². The van der Waals surface area contributed by atoms with E-state index >= 15 is 0 Å². The normalized spacial score (nSPS) is 23.8. The number of hydrogen-bond acceptors (Lipinski definition) is 2. The van der Waals surface area contributed by atoms with Crippen molar-refractivity contribution >= 4 is 0 Å². The molecule has 1 fully saturated rings. The number of benzene rings is 1. The van der Waals surface area contributed by atoms with E-state index in [1.165, 1.54) is 31.4 Å². The Morgan fingerprint density at radius 3 is 2.95 bits per heavy atom. The molecule has 3 rings (SSSR count). The number of fused-ring (bicyclic) bond motifs is 1. The topological polar surface area (TPSA) is 15.3 Å². The van der Waals surface area contributed by atoms with Gasteiger partial charge in [-0.15, -0.1) is 0 Å². The lowest BCUT2D eigenvalue weighted by atomic mass is 9.99. The van der Waals surface area contributed by atoms with Gasteiger partial charge in [-0.2, -0.15) is 0 Å². The monoisotopic (exact) mass is 258 g/mol. The van der Waals surface area contributed by atoms with E-state index in [0.717, 1.165) is 25.6 Å². The minimum atomic E-state index is 0.682. The van der Waals surface area contributed by atoms with Gasteiger partial charge in [0, 0.05) is 32.2 Å². The Balaban J connectivity index is 1.72. The average molecular weight is 258 g/mol. The highest BCUT2D eigenvalue weighted by atomic mass is 15.2. The Morgan fingerprint density at radius 2 is 2.11 bits per heavy atom. The lowest BCUT2D eigenvalue weighted by Gasteiger charge is -2.38. The number of aryl methyl sites for hydroxylation is 2. The molecule has 1 aromatic rings. The molecule has 1 heterocycles. The molecule has 0 radical (unpaired) electrons. The summed E-state index contributed by atoms with van der Waals surface area (Å²) in [5, 5.41) is 3.53. The van der Waals surface area contributed by atoms with Crippen LogP contribution < -0.4 is 5.32 Å². The molecule has 0 aromatic heterocycles. The molecule has 104 valence electrons. The van der Waals surface area contributed by atoms with E-state index < -0.39 is 0 Å². The van der Waals surface area contributed by atoms with Crippen molar-refractivity contribution in [2.75, 3.05) is 19.6 Å². The summed E-state index contributed by atoms with van der Waals surface area (Å²) in [7, 11) is 0. The van der Waals surface area contributed by atoms with E-state index in [4.69, 9.17) is 0 Å². The lowest BCUT2D eigenvalue weighted by molar-refractivity contribution is 0.117. The Kier molecular flexibility index (Phi) is 3.90. The van der Waals surface area contributed by atoms with Crippen LogP contribution >= 0.6 is 0 Å². The summed E-state index contributed by atoms with van der Waals surface area (Å²) < 4.78 is 0. The number of nitrogens with zero attached hydrogens (tertiary/aromatic N) is 1. The molecule has 0 saturated carbocycles. The van der Waals surface area contributed by atoms with Crippen LogP contribution in [0, 0.1) is 5.92 Å². The third-order valence-electron chi connectivity index (χ3n) is 4.72. The molecular formula is C17H26N2. The number of rotatable bonds is 3. The zero-order valence-electron chi connectivity index (χ0n) is 12.3. The van der Waals surface area contributed by atoms with Gasteiger partial charge in [-0.25, -0.2) is 0 Å². The zero-order valence-corrected chi connectivity index (χ0v) is 12.3. The maximum absolute atomic E-state index is 3.53. The van der Waals surface area contributed by atoms with E-state index in [1.54, 1.807) is 11.1 Å². The summed E-state index contributed by atoms with van der Waals surface area (Å²) in [4.78, 5) is 2.66. The molecule has 19 heavy (non-hydrogen) atoms. The Hall–Kier alpha value is -0.860. The second-order valence-corrected chi connectivity index (χ2v) is 6.44. The van der Waals surface area contributed by atoms with Gasteiger partial charge in [-0.05, 0) is 41.9 Å². The zero-order chi connectivity index (χ0) is 13.2. The second-order valence-electron chi connectivity index (χ2n) is 6.44. The smallest absolute Gasteiger partial charge is 0.0247 e. The van der Waals surface area contributed by atoms with Crippen LogP contribution in [0.3, 0.4) is 0 Å². The highest BCUT2D eigenvalue weighted by Gasteiger charge is 2.25. The number of nitrogens with one attached hydrogen (secondary N) is 1. The van der Waals surface area contributed by atoms with Crippen LogP contribution in [0.5, 0.6) is 0 Å². The van der Waals surface area contributed by atoms with E-state index in [9.17, 15) is 0 Å². The largest absolute Gasteiger partial charge is 0.314 e. The maximum atomic E-state index is 3.53. The molecule has 1 unspecified atom stereocenters. The van der Waals surface area contributed by atoms with Gasteiger partial charge in [0.25, 0.3) is 0 Å². The third kappa shape index (κ3) is 2.85. The average Bonchev–Trinajstić information content (AvgIpc) is 2.86. The first kappa shape index (κ1) is 13.1. The third-order valence-corrected chi connectivity index (χ3v) is 4.72. The molecule has 1 atom stereocenters. The summed E-state index contributed by atoms with van der Waals surface area (Å²) >= 11 is 0. The summed E-state index contributed by atoms with van der Waals surface area (Å²) in [6.45, 7) is 9.26. The van der Waals surface area contributed by atoms with Crippen molar-refractivity contribution in [3.8, 4) is 0 Å². The minimum absolute atomic E-state index is 0.682. The van der Waals surface area contributed by atoms with Crippen molar-refractivity contribution in [1.29, 1.82) is 0 Å². The van der Waals surface area contributed by atoms with E-state index in [1.807, 2.05) is 0 Å². The van der Waals surface area contributed by atoms with Gasteiger partial charge in [0.1, 0.15) is 0 Å². The summed E-state index contributed by atoms with van der Waals surface area (Å²) in [5.41, 5.74) is 4.70. The van der Waals surface area contributed by atoms with E-state index in [0.29, 0.717) is 6.04 Å². The molecule has 0 amide bonds. The van der Waals surface area contributed by atoms with Crippen LogP contribution in [0.15, 0.2) is 18.2 Å². The van der Waals surface area contributed by atoms with E-state index in [-0.39, 0.29) is 0 Å². The second kappa shape index (κ2) is 5.64. The highest BCUT2D eigenvalue weighted by Crippen LogP contribution is 2.24. The number of hydrogen-bond donors (Lipinski definition) is 1. The molecule has 2 aliphatic rings. The van der Waals surface area contributed by atoms with Crippen LogP contribution in [-0.2, 0) is 19.4 Å². The van der Waals surface area contributed by atoms with E-state index in [2.05, 4.69) is 42.3 Å². The van der Waals surface area contributed by atoms with Crippen LogP contribution in [0.4, 0.5) is 0 Å². The maximum Gasteiger partial charge on any atom is 0.0247 e. The predicted octanol–water partition coefficient (Wildman–Crippen LogP) is 2.61. The molecule has 0 bridgehead atoms. The molecule has 1 aliphatic carbocycles. The van der Waals surface area contributed by atoms with Gasteiger partial charge in [0.15, 0.2) is 0 Å². The van der Waals surface area contributed by atoms with Gasteiger partial charge in [0.05, 0.1) is 0 Å². The molecule has 2 heteroatoms. The SMILES string of the molecule is CC(C)C1CNCCN1Cc1ccc2c(c1)CCC2. The first-order valence-corrected chi connectivity index (χ1v) is 7.79. The van der Waals surface area contributed by atoms with Gasteiger partial charge < -0.3 is 5.32 Å². The quantitative estimate of drug-likeness (QED) is 0.896. The summed E-state index contributed by atoms with van der Waals surface area (Å²) in [6, 6.07) is 7.86. The highest BCUT2D eigenvalue weighted by molar-refractivity contribution is 5.35. The van der Waals surface area contributed by atoms with Crippen molar-refractivity contribution < 1.29 is 0 Å². The van der Waals surface area contributed by atoms with Crippen molar-refractivity contribution in [2.24, 2.45) is 5.92 Å². The van der Waals surface area contributed by atoms with Crippen molar-refractivity contribution in [3.05, 3.63) is 34.9 Å². The fraction of sp³-hybridized carbons (Fsp3) is 0.647. The first-order valence-electron chi connectivity index (χ1n) is 7.79. The minimum Gasteiger partial charge on any atom is -0.314 e. The Morgan fingerprint density at radius 1 is 1.26 bits per heavy atom. The Bertz CT molecular complexity index is 439. The van der Waals surface area contributed by atoms with Crippen LogP contribution in [0.2, 0.25) is 0 Å².